The van der Waals surface area contributed by atoms with Gasteiger partial charge in [-0.15, -0.1) is 0 Å². The average molecular weight is 327 g/mol. The summed E-state index contributed by atoms with van der Waals surface area (Å²) < 4.78 is 0. The molecule has 1 aromatic carbocycles. The minimum Gasteiger partial charge on any atom is -0.352 e. The van der Waals surface area contributed by atoms with Gasteiger partial charge in [0.25, 0.3) is 5.91 Å². The Morgan fingerprint density at radius 1 is 1.55 bits per heavy atom. The van der Waals surface area contributed by atoms with E-state index in [9.17, 15) is 14.9 Å². The summed E-state index contributed by atoms with van der Waals surface area (Å²) >= 11 is 5.80. The fraction of sp³-hybridized carbons (Fsp3) is 0.500. The molecule has 0 spiro atoms. The molecule has 1 fully saturated rings. The van der Waals surface area contributed by atoms with E-state index in [2.05, 4.69) is 23.1 Å². The van der Waals surface area contributed by atoms with Crippen molar-refractivity contribution in [2.75, 3.05) is 13.1 Å². The van der Waals surface area contributed by atoms with Crippen molar-refractivity contribution in [2.45, 2.75) is 25.8 Å². The lowest BCUT2D eigenvalue weighted by atomic mass is 9.98. The number of halogens is 1. The van der Waals surface area contributed by atoms with Gasteiger partial charge in [-0.2, -0.15) is 0 Å². The topological polar surface area (TPSA) is 96.3 Å². The first-order valence-electron chi connectivity index (χ1n) is 7.20. The van der Waals surface area contributed by atoms with Crippen LogP contribution in [0.3, 0.4) is 0 Å². The first kappa shape index (κ1) is 16.7. The van der Waals surface area contributed by atoms with Crippen molar-refractivity contribution in [3.8, 4) is 0 Å². The lowest BCUT2D eigenvalue weighted by molar-refractivity contribution is -0.385. The number of hydrazine groups is 1. The summed E-state index contributed by atoms with van der Waals surface area (Å²) in [5.41, 5.74) is 5.89. The minimum absolute atomic E-state index is 0.00457. The molecule has 22 heavy (non-hydrogen) atoms. The Labute approximate surface area is 133 Å². The fourth-order valence-corrected chi connectivity index (χ4v) is 2.79. The van der Waals surface area contributed by atoms with Crippen LogP contribution in [0.1, 0.15) is 30.1 Å². The molecule has 0 aliphatic carbocycles. The Balaban J connectivity index is 1.87. The largest absolute Gasteiger partial charge is 0.352 e. The average Bonchev–Trinajstić information content (AvgIpc) is 2.88. The third kappa shape index (κ3) is 3.94. The lowest BCUT2D eigenvalue weighted by Gasteiger charge is -2.13. The van der Waals surface area contributed by atoms with E-state index in [0.29, 0.717) is 18.5 Å². The summed E-state index contributed by atoms with van der Waals surface area (Å²) in [6.45, 7) is 3.50. The Kier molecular flexibility index (Phi) is 5.70. The summed E-state index contributed by atoms with van der Waals surface area (Å²) in [4.78, 5) is 22.5. The summed E-state index contributed by atoms with van der Waals surface area (Å²) in [5, 5.41) is 13.7. The van der Waals surface area contributed by atoms with E-state index in [-0.39, 0.29) is 16.3 Å². The number of nitrogens with one attached hydrogen (secondary N) is 3. The van der Waals surface area contributed by atoms with Crippen molar-refractivity contribution < 1.29 is 9.72 Å². The van der Waals surface area contributed by atoms with E-state index in [1.165, 1.54) is 18.2 Å². The number of rotatable bonds is 6. The van der Waals surface area contributed by atoms with Gasteiger partial charge in [0.1, 0.15) is 10.6 Å². The first-order chi connectivity index (χ1) is 10.5. The highest BCUT2D eigenvalue weighted by Gasteiger charge is 2.24. The number of para-hydroxylation sites is 1. The monoisotopic (exact) mass is 326 g/mol. The number of nitro groups is 1. The molecule has 3 N–H and O–H groups in total. The van der Waals surface area contributed by atoms with Gasteiger partial charge >= 0.3 is 5.69 Å². The molecule has 0 aromatic heterocycles. The highest BCUT2D eigenvalue weighted by atomic mass is 35.5. The van der Waals surface area contributed by atoms with Gasteiger partial charge in [0, 0.05) is 19.1 Å². The second-order valence-electron chi connectivity index (χ2n) is 5.37. The number of amides is 1. The van der Waals surface area contributed by atoms with E-state index in [1.807, 2.05) is 0 Å². The maximum Gasteiger partial charge on any atom is 0.300 e. The maximum atomic E-state index is 12.1. The van der Waals surface area contributed by atoms with Crippen LogP contribution in [0.15, 0.2) is 18.2 Å². The quantitative estimate of drug-likeness (QED) is 0.421. The summed E-state index contributed by atoms with van der Waals surface area (Å²) in [7, 11) is 0. The molecule has 0 saturated carbocycles. The molecule has 8 heteroatoms. The van der Waals surface area contributed by atoms with Gasteiger partial charge in [-0.05, 0) is 37.8 Å². The number of hydrogen-bond donors (Lipinski definition) is 3. The number of benzene rings is 1. The Morgan fingerprint density at radius 2 is 2.32 bits per heavy atom. The van der Waals surface area contributed by atoms with Gasteiger partial charge in [0.05, 0.1) is 4.92 Å². The zero-order valence-corrected chi connectivity index (χ0v) is 13.0. The minimum atomic E-state index is -0.630. The molecule has 0 radical (unpaired) electrons. The normalized spacial score (nSPS) is 20.8. The molecule has 120 valence electrons. The fourth-order valence-electron chi connectivity index (χ4n) is 2.54. The van der Waals surface area contributed by atoms with Crippen LogP contribution in [-0.2, 0) is 0 Å². The van der Waals surface area contributed by atoms with E-state index in [1.54, 1.807) is 0 Å². The maximum absolute atomic E-state index is 12.1. The van der Waals surface area contributed by atoms with Crippen molar-refractivity contribution in [2.24, 2.45) is 5.92 Å². The number of nitro benzene ring substituents is 1. The number of hydrogen-bond acceptors (Lipinski definition) is 5. The van der Waals surface area contributed by atoms with Gasteiger partial charge in [-0.1, -0.05) is 17.7 Å². The summed E-state index contributed by atoms with van der Waals surface area (Å²) in [5.74, 6) is 0.0577. The van der Waals surface area contributed by atoms with E-state index < -0.39 is 10.8 Å². The molecule has 1 amide bonds. The number of carbonyl (C=O) groups is 1. The predicted molar refractivity (Wildman–Crippen MR) is 83.8 cm³/mol. The van der Waals surface area contributed by atoms with Gasteiger partial charge in [-0.25, -0.2) is 0 Å². The molecule has 7 nitrogen and oxygen atoms in total. The van der Waals surface area contributed by atoms with Gasteiger partial charge < -0.3 is 5.32 Å². The van der Waals surface area contributed by atoms with Crippen molar-refractivity contribution in [3.63, 3.8) is 0 Å². The standard InChI is InChI=1S/C14H19ClN4O3/c1-9-10(8-17-18-9)4-3-7-16-14(20)11-5-2-6-12(15)13(11)19(21)22/h2,5-6,9-10,17-18H,3-4,7-8H2,1H3,(H,16,20). The molecule has 2 atom stereocenters. The second kappa shape index (κ2) is 7.53. The predicted octanol–water partition coefficient (Wildman–Crippen LogP) is 1.87. The third-order valence-corrected chi connectivity index (χ3v) is 4.16. The van der Waals surface area contributed by atoms with Crippen LogP contribution in [0.5, 0.6) is 0 Å². The molecule has 1 aliphatic heterocycles. The first-order valence-corrected chi connectivity index (χ1v) is 7.58. The number of nitrogens with zero attached hydrogens (tertiary/aromatic N) is 1. The van der Waals surface area contributed by atoms with E-state index >= 15 is 0 Å². The summed E-state index contributed by atoms with van der Waals surface area (Å²) in [6, 6.07) is 4.75. The van der Waals surface area contributed by atoms with Crippen LogP contribution in [0, 0.1) is 16.0 Å². The molecular weight excluding hydrogens is 308 g/mol. The molecule has 1 aromatic rings. The Morgan fingerprint density at radius 3 is 2.95 bits per heavy atom. The SMILES string of the molecule is CC1NNCC1CCCNC(=O)c1cccc(Cl)c1[N+](=O)[O-]. The molecule has 2 unspecified atom stereocenters. The zero-order chi connectivity index (χ0) is 16.1. The summed E-state index contributed by atoms with van der Waals surface area (Å²) in [6.07, 6.45) is 1.79. The third-order valence-electron chi connectivity index (χ3n) is 3.85. The van der Waals surface area contributed by atoms with Crippen LogP contribution in [0.4, 0.5) is 5.69 Å². The Hall–Kier alpha value is -1.70. The van der Waals surface area contributed by atoms with Crippen LogP contribution >= 0.6 is 11.6 Å². The van der Waals surface area contributed by atoms with Gasteiger partial charge in [0.15, 0.2) is 0 Å². The highest BCUT2D eigenvalue weighted by molar-refractivity contribution is 6.33. The van der Waals surface area contributed by atoms with Crippen LogP contribution in [0.2, 0.25) is 5.02 Å². The molecule has 1 saturated heterocycles. The molecular formula is C14H19ClN4O3. The van der Waals surface area contributed by atoms with Crippen LogP contribution in [-0.4, -0.2) is 30.0 Å². The molecule has 2 rings (SSSR count). The van der Waals surface area contributed by atoms with Gasteiger partial charge in [-0.3, -0.25) is 25.8 Å². The smallest absolute Gasteiger partial charge is 0.300 e. The van der Waals surface area contributed by atoms with Crippen LogP contribution in [0.25, 0.3) is 0 Å². The molecule has 0 bridgehead atoms. The lowest BCUT2D eigenvalue weighted by Crippen LogP contribution is -2.29. The van der Waals surface area contributed by atoms with Crippen molar-refractivity contribution >= 4 is 23.2 Å². The van der Waals surface area contributed by atoms with Crippen molar-refractivity contribution in [1.29, 1.82) is 0 Å². The van der Waals surface area contributed by atoms with E-state index in [0.717, 1.165) is 19.4 Å². The molecule has 1 aliphatic rings. The highest BCUT2D eigenvalue weighted by Crippen LogP contribution is 2.28. The van der Waals surface area contributed by atoms with Gasteiger partial charge in [0.2, 0.25) is 0 Å². The van der Waals surface area contributed by atoms with Crippen molar-refractivity contribution in [3.05, 3.63) is 38.9 Å². The zero-order valence-electron chi connectivity index (χ0n) is 12.3. The second-order valence-corrected chi connectivity index (χ2v) is 5.77. The Bertz CT molecular complexity index is 567. The van der Waals surface area contributed by atoms with Crippen molar-refractivity contribution in [1.82, 2.24) is 16.2 Å². The van der Waals surface area contributed by atoms with Crippen LogP contribution < -0.4 is 16.2 Å². The van der Waals surface area contributed by atoms with E-state index in [4.69, 9.17) is 11.6 Å². The molecule has 1 heterocycles. The number of carbonyl (C=O) groups excluding carboxylic acids is 1.